The zero-order chi connectivity index (χ0) is 22.3. The van der Waals surface area contributed by atoms with Crippen molar-refractivity contribution in [2.75, 3.05) is 23.8 Å². The molecule has 0 aromatic heterocycles. The van der Waals surface area contributed by atoms with Gasteiger partial charge in [-0.05, 0) is 49.4 Å². The van der Waals surface area contributed by atoms with E-state index in [4.69, 9.17) is 9.47 Å². The van der Waals surface area contributed by atoms with E-state index in [9.17, 15) is 9.59 Å². The van der Waals surface area contributed by atoms with Gasteiger partial charge in [0.05, 0.1) is 0 Å². The summed E-state index contributed by atoms with van der Waals surface area (Å²) in [6.45, 7) is 6.59. The Labute approximate surface area is 183 Å². The first-order valence-corrected chi connectivity index (χ1v) is 10.5. The molecule has 0 saturated heterocycles. The van der Waals surface area contributed by atoms with E-state index in [-0.39, 0.29) is 25.0 Å². The van der Waals surface area contributed by atoms with Crippen LogP contribution in [0.3, 0.4) is 0 Å². The van der Waals surface area contributed by atoms with Gasteiger partial charge >= 0.3 is 12.2 Å². The molecule has 3 rings (SSSR count). The first kappa shape index (κ1) is 22.4. The number of hydrogen-bond acceptors (Lipinski definition) is 4. The molecule has 2 aromatic rings. The van der Waals surface area contributed by atoms with Crippen LogP contribution in [0.25, 0.3) is 0 Å². The summed E-state index contributed by atoms with van der Waals surface area (Å²) in [4.78, 5) is 24.8. The molecule has 0 saturated carbocycles. The lowest BCUT2D eigenvalue weighted by Gasteiger charge is -2.44. The lowest BCUT2D eigenvalue weighted by Crippen LogP contribution is -2.47. The minimum atomic E-state index is -0.523. The normalized spacial score (nSPS) is 19.6. The van der Waals surface area contributed by atoms with E-state index in [1.165, 1.54) is 5.57 Å². The number of rotatable bonds is 6. The van der Waals surface area contributed by atoms with Crippen molar-refractivity contribution in [2.24, 2.45) is 17.3 Å². The van der Waals surface area contributed by atoms with Crippen molar-refractivity contribution < 1.29 is 19.1 Å². The van der Waals surface area contributed by atoms with Gasteiger partial charge in [0, 0.05) is 16.8 Å². The number of anilines is 2. The number of para-hydroxylation sites is 2. The molecule has 164 valence electrons. The Balaban J connectivity index is 1.67. The number of hydrogen-bond donors (Lipinski definition) is 2. The van der Waals surface area contributed by atoms with E-state index >= 15 is 0 Å². The Hall–Kier alpha value is -3.28. The predicted octanol–water partition coefficient (Wildman–Crippen LogP) is 6.09. The molecule has 0 radical (unpaired) electrons. The fourth-order valence-electron chi connectivity index (χ4n) is 4.14. The van der Waals surface area contributed by atoms with Crippen molar-refractivity contribution in [1.82, 2.24) is 0 Å². The summed E-state index contributed by atoms with van der Waals surface area (Å²) in [5.74, 6) is 0.242. The molecule has 0 unspecified atom stereocenters. The van der Waals surface area contributed by atoms with Crippen molar-refractivity contribution in [3.63, 3.8) is 0 Å². The quantitative estimate of drug-likeness (QED) is 0.552. The number of allylic oxidation sites excluding steroid dienone is 2. The van der Waals surface area contributed by atoms with Gasteiger partial charge in [-0.2, -0.15) is 0 Å². The van der Waals surface area contributed by atoms with Gasteiger partial charge in [-0.15, -0.1) is 0 Å². The summed E-state index contributed by atoms with van der Waals surface area (Å²) in [7, 11) is 0. The van der Waals surface area contributed by atoms with Gasteiger partial charge in [0.1, 0.15) is 13.2 Å². The fourth-order valence-corrected chi connectivity index (χ4v) is 4.14. The number of carbonyl (C=O) groups is 2. The van der Waals surface area contributed by atoms with Crippen LogP contribution in [-0.4, -0.2) is 25.4 Å². The minimum Gasteiger partial charge on any atom is -0.449 e. The summed E-state index contributed by atoms with van der Waals surface area (Å²) in [6.07, 6.45) is 1.99. The Morgan fingerprint density at radius 1 is 0.871 bits per heavy atom. The molecule has 2 aromatic carbocycles. The maximum Gasteiger partial charge on any atom is 0.411 e. The molecular formula is C25H30N2O4. The summed E-state index contributed by atoms with van der Waals surface area (Å²) in [5, 5.41) is 5.48. The van der Waals surface area contributed by atoms with Crippen LogP contribution in [0.1, 0.15) is 27.2 Å². The summed E-state index contributed by atoms with van der Waals surface area (Å²) < 4.78 is 11.2. The topological polar surface area (TPSA) is 76.7 Å². The van der Waals surface area contributed by atoms with Crippen molar-refractivity contribution in [1.29, 1.82) is 0 Å². The molecule has 0 heterocycles. The third kappa shape index (κ3) is 5.87. The highest BCUT2D eigenvalue weighted by atomic mass is 16.6. The van der Waals surface area contributed by atoms with Crippen LogP contribution in [0, 0.1) is 17.3 Å². The zero-order valence-corrected chi connectivity index (χ0v) is 18.3. The molecule has 2 N–H and O–H groups in total. The van der Waals surface area contributed by atoms with Crippen molar-refractivity contribution in [3.8, 4) is 0 Å². The average Bonchev–Trinajstić information content (AvgIpc) is 2.74. The first-order valence-electron chi connectivity index (χ1n) is 10.5. The molecule has 2 amide bonds. The summed E-state index contributed by atoms with van der Waals surface area (Å²) in [5.41, 5.74) is 2.11. The summed E-state index contributed by atoms with van der Waals surface area (Å²) in [6, 6.07) is 18.3. The second-order valence-corrected chi connectivity index (χ2v) is 8.27. The highest BCUT2D eigenvalue weighted by molar-refractivity contribution is 5.85. The molecule has 0 aliphatic heterocycles. The van der Waals surface area contributed by atoms with E-state index < -0.39 is 17.6 Å². The highest BCUT2D eigenvalue weighted by Gasteiger charge is 2.45. The molecule has 0 fully saturated rings. The Morgan fingerprint density at radius 2 is 1.32 bits per heavy atom. The van der Waals surface area contributed by atoms with Crippen LogP contribution in [0.15, 0.2) is 72.3 Å². The number of benzene rings is 2. The van der Waals surface area contributed by atoms with Crippen LogP contribution in [-0.2, 0) is 9.47 Å². The largest absolute Gasteiger partial charge is 0.449 e. The van der Waals surface area contributed by atoms with Crippen LogP contribution < -0.4 is 10.6 Å². The lowest BCUT2D eigenvalue weighted by atomic mass is 9.63. The van der Waals surface area contributed by atoms with Crippen molar-refractivity contribution in [2.45, 2.75) is 27.2 Å². The molecule has 1 aliphatic rings. The average molecular weight is 423 g/mol. The van der Waals surface area contributed by atoms with Crippen LogP contribution in [0.5, 0.6) is 0 Å². The van der Waals surface area contributed by atoms with Crippen LogP contribution in [0.4, 0.5) is 21.0 Å². The van der Waals surface area contributed by atoms with E-state index in [2.05, 4.69) is 37.5 Å². The van der Waals surface area contributed by atoms with Gasteiger partial charge in [0.15, 0.2) is 0 Å². The first-order chi connectivity index (χ1) is 14.9. The van der Waals surface area contributed by atoms with Crippen molar-refractivity contribution >= 4 is 23.6 Å². The maximum atomic E-state index is 12.4. The maximum absolute atomic E-state index is 12.4. The highest BCUT2D eigenvalue weighted by Crippen LogP contribution is 2.45. The molecule has 6 nitrogen and oxygen atoms in total. The number of amides is 2. The van der Waals surface area contributed by atoms with Crippen LogP contribution >= 0.6 is 0 Å². The monoisotopic (exact) mass is 422 g/mol. The van der Waals surface area contributed by atoms with E-state index in [0.29, 0.717) is 11.4 Å². The van der Waals surface area contributed by atoms with Gasteiger partial charge in [-0.25, -0.2) is 9.59 Å². The molecule has 6 heteroatoms. The second kappa shape index (κ2) is 10.2. The lowest BCUT2D eigenvalue weighted by molar-refractivity contribution is -0.0314. The zero-order valence-electron chi connectivity index (χ0n) is 18.3. The third-order valence-corrected chi connectivity index (χ3v) is 6.04. The van der Waals surface area contributed by atoms with Crippen molar-refractivity contribution in [3.05, 3.63) is 72.3 Å². The standard InChI is InChI=1S/C25H30N2O4/c1-18-14-19(2)25(20(3)15-18,16-30-23(28)26-21-10-6-4-7-11-21)17-31-24(29)27-22-12-8-5-9-13-22/h4-14,19-20H,15-17H2,1-3H3,(H,26,28)(H,27,29)/t19-,20-/m1/s1. The SMILES string of the molecule is CC1=C[C@@H](C)C(COC(=O)Nc2ccccc2)(COC(=O)Nc2ccccc2)[C@H](C)C1. The number of nitrogens with one attached hydrogen (secondary N) is 2. The molecule has 0 bridgehead atoms. The van der Waals surface area contributed by atoms with Crippen LogP contribution in [0.2, 0.25) is 0 Å². The van der Waals surface area contributed by atoms with E-state index in [1.54, 1.807) is 24.3 Å². The Bertz CT molecular complexity index is 854. The molecular weight excluding hydrogens is 392 g/mol. The number of ether oxygens (including phenoxy) is 2. The van der Waals surface area contributed by atoms with Gasteiger partial charge in [0.2, 0.25) is 0 Å². The predicted molar refractivity (Wildman–Crippen MR) is 122 cm³/mol. The molecule has 2 atom stereocenters. The molecule has 31 heavy (non-hydrogen) atoms. The summed E-state index contributed by atoms with van der Waals surface area (Å²) >= 11 is 0. The molecule has 0 spiro atoms. The van der Waals surface area contributed by atoms with E-state index in [0.717, 1.165) is 6.42 Å². The van der Waals surface area contributed by atoms with Gasteiger partial charge < -0.3 is 9.47 Å². The smallest absolute Gasteiger partial charge is 0.411 e. The second-order valence-electron chi connectivity index (χ2n) is 8.27. The minimum absolute atomic E-state index is 0.0744. The fraction of sp³-hybridized carbons (Fsp3) is 0.360. The Kier molecular flexibility index (Phi) is 7.34. The van der Waals surface area contributed by atoms with E-state index in [1.807, 2.05) is 36.4 Å². The Morgan fingerprint density at radius 3 is 1.74 bits per heavy atom. The molecule has 1 aliphatic carbocycles. The number of carbonyl (C=O) groups excluding carboxylic acids is 2. The third-order valence-electron chi connectivity index (χ3n) is 6.04. The van der Waals surface area contributed by atoms with Gasteiger partial charge in [0.25, 0.3) is 0 Å². The van der Waals surface area contributed by atoms with Gasteiger partial charge in [-0.1, -0.05) is 61.9 Å². The van der Waals surface area contributed by atoms with Gasteiger partial charge in [-0.3, -0.25) is 10.6 Å².